The van der Waals surface area contributed by atoms with E-state index in [1.165, 1.54) is 35.1 Å². The first kappa shape index (κ1) is 11.9. The van der Waals surface area contributed by atoms with Crippen LogP contribution < -0.4 is 5.32 Å². The molecule has 1 fully saturated rings. The lowest BCUT2D eigenvalue weighted by Gasteiger charge is -2.06. The predicted molar refractivity (Wildman–Crippen MR) is 77.3 cm³/mol. The summed E-state index contributed by atoms with van der Waals surface area (Å²) in [5.74, 6) is 1.88. The monoisotopic (exact) mass is 261 g/mol. The smallest absolute Gasteiger partial charge is 0.138 e. The molecule has 1 saturated carbocycles. The molecule has 0 saturated heterocycles. The maximum absolute atomic E-state index is 4.44. The Hall–Kier alpha value is -1.16. The normalized spacial score (nSPS) is 22.4. The Morgan fingerprint density at radius 3 is 3.00 bits per heavy atom. The Balaban J connectivity index is 1.88. The third kappa shape index (κ3) is 1.99. The Kier molecular flexibility index (Phi) is 2.98. The molecule has 4 heteroatoms. The molecule has 96 valence electrons. The number of nitrogens with one attached hydrogen (secondary N) is 1. The van der Waals surface area contributed by atoms with Gasteiger partial charge in [-0.3, -0.25) is 0 Å². The van der Waals surface area contributed by atoms with Gasteiger partial charge >= 0.3 is 0 Å². The zero-order chi connectivity index (χ0) is 12.7. The molecule has 0 aliphatic heterocycles. The highest BCUT2D eigenvalue weighted by molar-refractivity contribution is 7.18. The van der Waals surface area contributed by atoms with Gasteiger partial charge in [-0.1, -0.05) is 13.3 Å². The number of nitrogens with zero attached hydrogens (tertiary/aromatic N) is 2. The van der Waals surface area contributed by atoms with Crippen LogP contribution in [0.2, 0.25) is 0 Å². The van der Waals surface area contributed by atoms with Crippen LogP contribution in [0.15, 0.2) is 6.33 Å². The van der Waals surface area contributed by atoms with Gasteiger partial charge in [0.25, 0.3) is 0 Å². The van der Waals surface area contributed by atoms with Crippen LogP contribution in [-0.4, -0.2) is 16.0 Å². The van der Waals surface area contributed by atoms with E-state index in [-0.39, 0.29) is 0 Å². The zero-order valence-electron chi connectivity index (χ0n) is 11.2. The second-order valence-electron chi connectivity index (χ2n) is 5.22. The summed E-state index contributed by atoms with van der Waals surface area (Å²) >= 11 is 1.76. The minimum atomic E-state index is 0.627. The summed E-state index contributed by atoms with van der Waals surface area (Å²) in [6.07, 6.45) is 5.57. The Labute approximate surface area is 112 Å². The van der Waals surface area contributed by atoms with Gasteiger partial charge in [0.2, 0.25) is 0 Å². The van der Waals surface area contributed by atoms with E-state index < -0.39 is 0 Å². The van der Waals surface area contributed by atoms with Gasteiger partial charge in [-0.15, -0.1) is 11.3 Å². The predicted octanol–water partition coefficient (Wildman–Crippen LogP) is 3.91. The van der Waals surface area contributed by atoms with E-state index in [0.717, 1.165) is 16.6 Å². The lowest BCUT2D eigenvalue weighted by Crippen LogP contribution is -2.07. The number of rotatable bonds is 4. The molecule has 1 N–H and O–H groups in total. The zero-order valence-corrected chi connectivity index (χ0v) is 12.0. The molecule has 0 radical (unpaired) electrons. The molecule has 1 aliphatic rings. The van der Waals surface area contributed by atoms with Crippen LogP contribution >= 0.6 is 11.3 Å². The highest BCUT2D eigenvalue weighted by Crippen LogP contribution is 2.39. The SMILES string of the molecule is CCCC1CC1Nc1ncnc2sc(C)c(C)c12. The molecule has 3 nitrogen and oxygen atoms in total. The molecule has 0 amide bonds. The molecule has 0 bridgehead atoms. The number of hydrogen-bond donors (Lipinski definition) is 1. The van der Waals surface area contributed by atoms with Gasteiger partial charge in [0.15, 0.2) is 0 Å². The minimum absolute atomic E-state index is 0.627. The van der Waals surface area contributed by atoms with Crippen LogP contribution in [0.4, 0.5) is 5.82 Å². The summed E-state index contributed by atoms with van der Waals surface area (Å²) in [5.41, 5.74) is 1.32. The van der Waals surface area contributed by atoms with Gasteiger partial charge in [0.05, 0.1) is 5.39 Å². The first-order chi connectivity index (χ1) is 8.70. The molecule has 3 rings (SSSR count). The van der Waals surface area contributed by atoms with Crippen LogP contribution in [0.1, 0.15) is 36.6 Å². The lowest BCUT2D eigenvalue weighted by molar-refractivity contribution is 0.692. The number of anilines is 1. The lowest BCUT2D eigenvalue weighted by atomic mass is 10.2. The maximum Gasteiger partial charge on any atom is 0.138 e. The molecule has 0 spiro atoms. The van der Waals surface area contributed by atoms with Crippen molar-refractivity contribution >= 4 is 27.4 Å². The van der Waals surface area contributed by atoms with Crippen molar-refractivity contribution in [3.05, 3.63) is 16.8 Å². The second-order valence-corrected chi connectivity index (χ2v) is 6.42. The molecule has 1 aliphatic carbocycles. The first-order valence-electron chi connectivity index (χ1n) is 6.68. The topological polar surface area (TPSA) is 37.8 Å². The Bertz CT molecular complexity index is 576. The van der Waals surface area contributed by atoms with Crippen molar-refractivity contribution in [2.75, 3.05) is 5.32 Å². The van der Waals surface area contributed by atoms with E-state index in [1.54, 1.807) is 17.7 Å². The van der Waals surface area contributed by atoms with E-state index in [4.69, 9.17) is 0 Å². The third-order valence-electron chi connectivity index (χ3n) is 3.87. The quantitative estimate of drug-likeness (QED) is 0.906. The van der Waals surface area contributed by atoms with Gasteiger partial charge < -0.3 is 5.32 Å². The fourth-order valence-corrected chi connectivity index (χ4v) is 3.58. The van der Waals surface area contributed by atoms with E-state index in [2.05, 4.69) is 36.1 Å². The van der Waals surface area contributed by atoms with E-state index in [9.17, 15) is 0 Å². The van der Waals surface area contributed by atoms with E-state index in [1.807, 2.05) is 0 Å². The molecular weight excluding hydrogens is 242 g/mol. The Morgan fingerprint density at radius 1 is 1.39 bits per heavy atom. The average Bonchev–Trinajstić information content (AvgIpc) is 2.99. The largest absolute Gasteiger partial charge is 0.366 e. The van der Waals surface area contributed by atoms with Gasteiger partial charge in [0.1, 0.15) is 17.0 Å². The van der Waals surface area contributed by atoms with Crippen LogP contribution in [0.5, 0.6) is 0 Å². The first-order valence-corrected chi connectivity index (χ1v) is 7.49. The van der Waals surface area contributed by atoms with E-state index in [0.29, 0.717) is 6.04 Å². The summed E-state index contributed by atoms with van der Waals surface area (Å²) in [5, 5.41) is 4.83. The van der Waals surface area contributed by atoms with Crippen molar-refractivity contribution in [3.8, 4) is 0 Å². The number of hydrogen-bond acceptors (Lipinski definition) is 4. The number of aryl methyl sites for hydroxylation is 2. The van der Waals surface area contributed by atoms with Gasteiger partial charge in [-0.25, -0.2) is 9.97 Å². The van der Waals surface area contributed by atoms with Gasteiger partial charge in [0, 0.05) is 10.9 Å². The molecule has 2 heterocycles. The molecular formula is C14H19N3S. The van der Waals surface area contributed by atoms with Crippen molar-refractivity contribution in [2.24, 2.45) is 5.92 Å². The third-order valence-corrected chi connectivity index (χ3v) is 4.98. The standard InChI is InChI=1S/C14H19N3S/c1-4-5-10-6-11(10)17-13-12-8(2)9(3)18-14(12)16-7-15-13/h7,10-11H,4-6H2,1-3H3,(H,15,16,17). The van der Waals surface area contributed by atoms with Crippen LogP contribution in [0.25, 0.3) is 10.2 Å². The summed E-state index contributed by atoms with van der Waals surface area (Å²) in [6, 6.07) is 0.627. The summed E-state index contributed by atoms with van der Waals surface area (Å²) in [4.78, 5) is 11.3. The van der Waals surface area contributed by atoms with Gasteiger partial charge in [-0.05, 0) is 38.2 Å². The summed E-state index contributed by atoms with van der Waals surface area (Å²) < 4.78 is 0. The fraction of sp³-hybridized carbons (Fsp3) is 0.571. The molecule has 2 unspecified atom stereocenters. The summed E-state index contributed by atoms with van der Waals surface area (Å²) in [7, 11) is 0. The minimum Gasteiger partial charge on any atom is -0.366 e. The molecule has 2 atom stereocenters. The fourth-order valence-electron chi connectivity index (χ4n) is 2.58. The van der Waals surface area contributed by atoms with Crippen LogP contribution in [0, 0.1) is 19.8 Å². The Morgan fingerprint density at radius 2 is 2.22 bits per heavy atom. The van der Waals surface area contributed by atoms with Crippen molar-refractivity contribution in [3.63, 3.8) is 0 Å². The van der Waals surface area contributed by atoms with E-state index >= 15 is 0 Å². The summed E-state index contributed by atoms with van der Waals surface area (Å²) in [6.45, 7) is 6.58. The number of fused-ring (bicyclic) bond motifs is 1. The average molecular weight is 261 g/mol. The number of thiophene rings is 1. The molecule has 2 aromatic rings. The van der Waals surface area contributed by atoms with Gasteiger partial charge in [-0.2, -0.15) is 0 Å². The molecule has 0 aromatic carbocycles. The van der Waals surface area contributed by atoms with Crippen molar-refractivity contribution < 1.29 is 0 Å². The van der Waals surface area contributed by atoms with Crippen LogP contribution in [0.3, 0.4) is 0 Å². The molecule has 18 heavy (non-hydrogen) atoms. The number of aromatic nitrogens is 2. The van der Waals surface area contributed by atoms with Crippen LogP contribution in [-0.2, 0) is 0 Å². The van der Waals surface area contributed by atoms with Crippen molar-refractivity contribution in [1.82, 2.24) is 9.97 Å². The second kappa shape index (κ2) is 4.50. The highest BCUT2D eigenvalue weighted by atomic mass is 32.1. The van der Waals surface area contributed by atoms with Crippen molar-refractivity contribution in [2.45, 2.75) is 46.1 Å². The molecule has 2 aromatic heterocycles. The van der Waals surface area contributed by atoms with Crippen molar-refractivity contribution in [1.29, 1.82) is 0 Å². The maximum atomic E-state index is 4.44. The highest BCUT2D eigenvalue weighted by Gasteiger charge is 2.36.